The number of nitrogens with zero attached hydrogens (tertiary/aromatic N) is 4. The van der Waals surface area contributed by atoms with Gasteiger partial charge < -0.3 is 4.74 Å². The van der Waals surface area contributed by atoms with Crippen molar-refractivity contribution < 1.29 is 9.53 Å². The third-order valence-electron chi connectivity index (χ3n) is 4.05. The SMILES string of the molecule is CCOC(=O)c1sc2ncn3nc(Cc4ccc(Cl)cc4)nc3c2c1C. The van der Waals surface area contributed by atoms with Gasteiger partial charge in [-0.05, 0) is 37.1 Å². The van der Waals surface area contributed by atoms with Crippen LogP contribution in [0, 0.1) is 6.92 Å². The number of hydrogen-bond donors (Lipinski definition) is 0. The van der Waals surface area contributed by atoms with Crippen molar-refractivity contribution in [3.05, 3.63) is 57.4 Å². The van der Waals surface area contributed by atoms with E-state index in [0.717, 1.165) is 21.3 Å². The maximum atomic E-state index is 12.2. The van der Waals surface area contributed by atoms with Crippen molar-refractivity contribution in [3.63, 3.8) is 0 Å². The fraction of sp³-hybridized carbons (Fsp3) is 0.222. The summed E-state index contributed by atoms with van der Waals surface area (Å²) in [4.78, 5) is 22.6. The fourth-order valence-corrected chi connectivity index (χ4v) is 3.99. The van der Waals surface area contributed by atoms with Crippen LogP contribution in [0.5, 0.6) is 0 Å². The zero-order chi connectivity index (χ0) is 18.3. The lowest BCUT2D eigenvalue weighted by Gasteiger charge is -1.99. The average molecular weight is 387 g/mol. The van der Waals surface area contributed by atoms with Crippen molar-refractivity contribution >= 4 is 44.8 Å². The first-order valence-electron chi connectivity index (χ1n) is 8.11. The first-order chi connectivity index (χ1) is 12.6. The number of aryl methyl sites for hydroxylation is 1. The van der Waals surface area contributed by atoms with Crippen molar-refractivity contribution in [2.45, 2.75) is 20.3 Å². The minimum Gasteiger partial charge on any atom is -0.462 e. The summed E-state index contributed by atoms with van der Waals surface area (Å²) in [5, 5.41) is 6.05. The molecule has 0 spiro atoms. The van der Waals surface area contributed by atoms with Crippen molar-refractivity contribution in [2.75, 3.05) is 6.61 Å². The Hall–Kier alpha value is -2.51. The molecule has 0 atom stereocenters. The molecule has 6 nitrogen and oxygen atoms in total. The molecule has 4 rings (SSSR count). The topological polar surface area (TPSA) is 69.4 Å². The highest BCUT2D eigenvalue weighted by atomic mass is 35.5. The number of ether oxygens (including phenoxy) is 1. The van der Waals surface area contributed by atoms with Crippen molar-refractivity contribution in [1.29, 1.82) is 0 Å². The van der Waals surface area contributed by atoms with Gasteiger partial charge in [0.25, 0.3) is 0 Å². The summed E-state index contributed by atoms with van der Waals surface area (Å²) in [5.74, 6) is 0.358. The molecule has 0 saturated carbocycles. The molecule has 0 fully saturated rings. The van der Waals surface area contributed by atoms with E-state index in [2.05, 4.69) is 15.1 Å². The summed E-state index contributed by atoms with van der Waals surface area (Å²) in [7, 11) is 0. The number of rotatable bonds is 4. The van der Waals surface area contributed by atoms with E-state index in [-0.39, 0.29) is 5.97 Å². The standard InChI is InChI=1S/C18H15ClN4O2S/c1-3-25-18(24)15-10(2)14-16-21-13(8-11-4-6-12(19)7-5-11)22-23(16)9-20-17(14)26-15/h4-7,9H,3,8H2,1-2H3. The third-order valence-corrected chi connectivity index (χ3v) is 5.48. The summed E-state index contributed by atoms with van der Waals surface area (Å²) in [6, 6.07) is 7.61. The van der Waals surface area contributed by atoms with Crippen LogP contribution >= 0.6 is 22.9 Å². The quantitative estimate of drug-likeness (QED) is 0.494. The Bertz CT molecular complexity index is 1120. The molecule has 0 radical (unpaired) electrons. The molecule has 0 N–H and O–H groups in total. The molecule has 4 aromatic rings. The number of carbonyl (C=O) groups excluding carboxylic acids is 1. The Balaban J connectivity index is 1.78. The summed E-state index contributed by atoms with van der Waals surface area (Å²) in [6.45, 7) is 4.02. The van der Waals surface area contributed by atoms with Crippen LogP contribution in [-0.4, -0.2) is 32.2 Å². The van der Waals surface area contributed by atoms with E-state index in [1.807, 2.05) is 31.2 Å². The lowest BCUT2D eigenvalue weighted by Crippen LogP contribution is -2.03. The zero-order valence-corrected chi connectivity index (χ0v) is 15.8. The predicted octanol–water partition coefficient (Wildman–Crippen LogP) is 4.07. The van der Waals surface area contributed by atoms with Gasteiger partial charge in [0.15, 0.2) is 11.5 Å². The van der Waals surface area contributed by atoms with Gasteiger partial charge in [-0.2, -0.15) is 0 Å². The van der Waals surface area contributed by atoms with Crippen LogP contribution in [0.3, 0.4) is 0 Å². The zero-order valence-electron chi connectivity index (χ0n) is 14.2. The summed E-state index contributed by atoms with van der Waals surface area (Å²) in [6.07, 6.45) is 2.22. The van der Waals surface area contributed by atoms with E-state index in [4.69, 9.17) is 16.3 Å². The highest BCUT2D eigenvalue weighted by Crippen LogP contribution is 2.32. The van der Waals surface area contributed by atoms with E-state index in [9.17, 15) is 4.79 Å². The van der Waals surface area contributed by atoms with Crippen LogP contribution < -0.4 is 0 Å². The number of benzene rings is 1. The molecular formula is C18H15ClN4O2S. The Kier molecular flexibility index (Phi) is 4.34. The number of fused-ring (bicyclic) bond motifs is 3. The van der Waals surface area contributed by atoms with Gasteiger partial charge in [0.1, 0.15) is 16.0 Å². The molecule has 3 aromatic heterocycles. The van der Waals surface area contributed by atoms with Crippen molar-refractivity contribution in [2.24, 2.45) is 0 Å². The molecule has 1 aromatic carbocycles. The van der Waals surface area contributed by atoms with Crippen LogP contribution in [-0.2, 0) is 11.2 Å². The van der Waals surface area contributed by atoms with E-state index >= 15 is 0 Å². The Labute approximate surface area is 158 Å². The Morgan fingerprint density at radius 1 is 1.31 bits per heavy atom. The second-order valence-corrected chi connectivity index (χ2v) is 7.24. The lowest BCUT2D eigenvalue weighted by molar-refractivity contribution is 0.0531. The third kappa shape index (κ3) is 2.93. The maximum absolute atomic E-state index is 12.2. The predicted molar refractivity (Wildman–Crippen MR) is 101 cm³/mol. The summed E-state index contributed by atoms with van der Waals surface area (Å²) >= 11 is 7.25. The van der Waals surface area contributed by atoms with Gasteiger partial charge in [-0.1, -0.05) is 23.7 Å². The van der Waals surface area contributed by atoms with Gasteiger partial charge in [-0.25, -0.2) is 19.3 Å². The highest BCUT2D eigenvalue weighted by molar-refractivity contribution is 7.20. The van der Waals surface area contributed by atoms with E-state index in [0.29, 0.717) is 34.4 Å². The van der Waals surface area contributed by atoms with Crippen LogP contribution in [0.15, 0.2) is 30.6 Å². The van der Waals surface area contributed by atoms with E-state index < -0.39 is 0 Å². The number of esters is 1. The van der Waals surface area contributed by atoms with Crippen LogP contribution in [0.1, 0.15) is 33.5 Å². The second kappa shape index (κ2) is 6.66. The Morgan fingerprint density at radius 2 is 2.08 bits per heavy atom. The number of thiophene rings is 1. The lowest BCUT2D eigenvalue weighted by atomic mass is 10.1. The van der Waals surface area contributed by atoms with Crippen LogP contribution in [0.25, 0.3) is 15.9 Å². The van der Waals surface area contributed by atoms with Gasteiger partial charge in [-0.15, -0.1) is 16.4 Å². The van der Waals surface area contributed by atoms with Crippen LogP contribution in [0.2, 0.25) is 5.02 Å². The van der Waals surface area contributed by atoms with Crippen molar-refractivity contribution in [1.82, 2.24) is 19.6 Å². The Morgan fingerprint density at radius 3 is 2.81 bits per heavy atom. The molecule has 0 unspecified atom stereocenters. The summed E-state index contributed by atoms with van der Waals surface area (Å²) < 4.78 is 6.79. The molecule has 0 amide bonds. The largest absolute Gasteiger partial charge is 0.462 e. The number of aromatic nitrogens is 4. The van der Waals surface area contributed by atoms with Crippen molar-refractivity contribution in [3.8, 4) is 0 Å². The average Bonchev–Trinajstić information content (AvgIpc) is 3.17. The van der Waals surface area contributed by atoms with E-state index in [1.165, 1.54) is 11.3 Å². The molecule has 0 aliphatic rings. The molecule has 0 saturated heterocycles. The molecule has 0 bridgehead atoms. The van der Waals surface area contributed by atoms with Gasteiger partial charge in [0.2, 0.25) is 0 Å². The minimum absolute atomic E-state index is 0.327. The number of carbonyl (C=O) groups is 1. The minimum atomic E-state index is -0.327. The van der Waals surface area contributed by atoms with Gasteiger partial charge in [-0.3, -0.25) is 0 Å². The number of halogens is 1. The monoisotopic (exact) mass is 386 g/mol. The first-order valence-corrected chi connectivity index (χ1v) is 9.31. The maximum Gasteiger partial charge on any atom is 0.348 e. The molecule has 0 aliphatic carbocycles. The highest BCUT2D eigenvalue weighted by Gasteiger charge is 2.21. The second-order valence-electron chi connectivity index (χ2n) is 5.80. The molecule has 26 heavy (non-hydrogen) atoms. The van der Waals surface area contributed by atoms with Gasteiger partial charge in [0.05, 0.1) is 12.0 Å². The summed E-state index contributed by atoms with van der Waals surface area (Å²) in [5.41, 5.74) is 2.60. The van der Waals surface area contributed by atoms with Gasteiger partial charge in [0, 0.05) is 11.4 Å². The molecular weight excluding hydrogens is 372 g/mol. The smallest absolute Gasteiger partial charge is 0.348 e. The fourth-order valence-electron chi connectivity index (χ4n) is 2.83. The van der Waals surface area contributed by atoms with Crippen LogP contribution in [0.4, 0.5) is 0 Å². The first kappa shape index (κ1) is 16.9. The molecule has 3 heterocycles. The normalized spacial score (nSPS) is 11.3. The van der Waals surface area contributed by atoms with Gasteiger partial charge >= 0.3 is 5.97 Å². The molecule has 8 heteroatoms. The van der Waals surface area contributed by atoms with E-state index in [1.54, 1.807) is 17.8 Å². The number of hydrogen-bond acceptors (Lipinski definition) is 6. The molecule has 0 aliphatic heterocycles. The molecule has 132 valence electrons.